The first-order valence-electron chi connectivity index (χ1n) is 4.79. The van der Waals surface area contributed by atoms with Gasteiger partial charge in [-0.2, -0.15) is 0 Å². The van der Waals surface area contributed by atoms with Crippen LogP contribution >= 0.6 is 11.6 Å². The molecule has 1 heterocycles. The highest BCUT2D eigenvalue weighted by Gasteiger charge is 2.23. The molecule has 0 amide bonds. The monoisotopic (exact) mass is 199 g/mol. The van der Waals surface area contributed by atoms with Crippen molar-refractivity contribution in [3.05, 3.63) is 22.6 Å². The van der Waals surface area contributed by atoms with Crippen molar-refractivity contribution in [2.75, 3.05) is 6.54 Å². The van der Waals surface area contributed by atoms with Gasteiger partial charge < -0.3 is 10.2 Å². The maximum atomic E-state index is 5.82. The van der Waals surface area contributed by atoms with Crippen molar-refractivity contribution in [3.8, 4) is 0 Å². The molecule has 0 saturated carbocycles. The Morgan fingerprint density at radius 3 is 3.23 bits per heavy atom. The first kappa shape index (κ1) is 9.10. The predicted octanol–water partition coefficient (Wildman–Crippen LogP) is 2.70. The van der Waals surface area contributed by atoms with Gasteiger partial charge in [-0.15, -0.1) is 0 Å². The average molecular weight is 200 g/mol. The van der Waals surface area contributed by atoms with Crippen molar-refractivity contribution in [2.24, 2.45) is 5.73 Å². The van der Waals surface area contributed by atoms with E-state index in [1.54, 1.807) is 0 Å². The third-order valence-corrected chi connectivity index (χ3v) is 2.91. The highest BCUT2D eigenvalue weighted by atomic mass is 35.5. The number of fused-ring (bicyclic) bond motifs is 1. The van der Waals surface area contributed by atoms with E-state index in [-0.39, 0.29) is 0 Å². The lowest BCUT2D eigenvalue weighted by Crippen LogP contribution is -2.12. The fraction of sp³-hybridized carbons (Fsp3) is 0.600. The van der Waals surface area contributed by atoms with Gasteiger partial charge in [0.05, 0.1) is 0 Å². The standard InChI is InChI=1S/C10H14ClNO/c11-10-6-8-7(4-5-12)2-1-3-9(8)13-10/h6-7H,1-5,12H2. The van der Waals surface area contributed by atoms with Gasteiger partial charge >= 0.3 is 0 Å². The van der Waals surface area contributed by atoms with Gasteiger partial charge in [-0.1, -0.05) is 0 Å². The number of aryl methyl sites for hydroxylation is 1. The van der Waals surface area contributed by atoms with Crippen LogP contribution in [0.3, 0.4) is 0 Å². The van der Waals surface area contributed by atoms with Crippen molar-refractivity contribution >= 4 is 11.6 Å². The van der Waals surface area contributed by atoms with Crippen LogP contribution in [0.4, 0.5) is 0 Å². The lowest BCUT2D eigenvalue weighted by atomic mass is 9.85. The molecule has 13 heavy (non-hydrogen) atoms. The molecule has 1 aliphatic carbocycles. The topological polar surface area (TPSA) is 39.2 Å². The normalized spacial score (nSPS) is 21.5. The molecule has 1 aromatic heterocycles. The molecule has 0 spiro atoms. The zero-order chi connectivity index (χ0) is 9.26. The maximum absolute atomic E-state index is 5.82. The number of hydrogen-bond acceptors (Lipinski definition) is 2. The van der Waals surface area contributed by atoms with Crippen LogP contribution in [0.1, 0.15) is 36.5 Å². The molecule has 1 aliphatic rings. The van der Waals surface area contributed by atoms with E-state index in [2.05, 4.69) is 0 Å². The zero-order valence-corrected chi connectivity index (χ0v) is 8.31. The maximum Gasteiger partial charge on any atom is 0.193 e. The molecule has 2 nitrogen and oxygen atoms in total. The summed E-state index contributed by atoms with van der Waals surface area (Å²) < 4.78 is 5.41. The third-order valence-electron chi connectivity index (χ3n) is 2.72. The van der Waals surface area contributed by atoms with E-state index in [1.165, 1.54) is 18.4 Å². The minimum atomic E-state index is 0.522. The van der Waals surface area contributed by atoms with Crippen LogP contribution in [0, 0.1) is 0 Å². The van der Waals surface area contributed by atoms with E-state index in [0.717, 1.165) is 25.1 Å². The SMILES string of the molecule is NCCC1CCCc2oc(Cl)cc21. The van der Waals surface area contributed by atoms with E-state index in [0.29, 0.717) is 11.1 Å². The second-order valence-electron chi connectivity index (χ2n) is 3.60. The molecule has 0 saturated heterocycles. The molecule has 0 aromatic carbocycles. The number of furan rings is 1. The molecule has 3 heteroatoms. The Hall–Kier alpha value is -0.470. The largest absolute Gasteiger partial charge is 0.449 e. The molecule has 2 N–H and O–H groups in total. The van der Waals surface area contributed by atoms with Crippen molar-refractivity contribution in [1.82, 2.24) is 0 Å². The summed E-state index contributed by atoms with van der Waals surface area (Å²) in [5.41, 5.74) is 6.85. The Morgan fingerprint density at radius 2 is 2.46 bits per heavy atom. The summed E-state index contributed by atoms with van der Waals surface area (Å²) >= 11 is 5.82. The van der Waals surface area contributed by atoms with E-state index >= 15 is 0 Å². The summed E-state index contributed by atoms with van der Waals surface area (Å²) in [6.07, 6.45) is 4.49. The first-order chi connectivity index (χ1) is 6.31. The smallest absolute Gasteiger partial charge is 0.193 e. The van der Waals surface area contributed by atoms with Gasteiger partial charge in [-0.05, 0) is 55.0 Å². The van der Waals surface area contributed by atoms with Crippen molar-refractivity contribution in [2.45, 2.75) is 31.6 Å². The molecule has 0 fully saturated rings. The van der Waals surface area contributed by atoms with Gasteiger partial charge in [0.25, 0.3) is 0 Å². The second-order valence-corrected chi connectivity index (χ2v) is 3.97. The first-order valence-corrected chi connectivity index (χ1v) is 5.17. The van der Waals surface area contributed by atoms with Gasteiger partial charge in [0.15, 0.2) is 5.22 Å². The van der Waals surface area contributed by atoms with Crippen LogP contribution < -0.4 is 5.73 Å². The van der Waals surface area contributed by atoms with Crippen LogP contribution in [0.25, 0.3) is 0 Å². The summed E-state index contributed by atoms with van der Waals surface area (Å²) in [7, 11) is 0. The molecular weight excluding hydrogens is 186 g/mol. The van der Waals surface area contributed by atoms with Crippen LogP contribution in [0.15, 0.2) is 10.5 Å². The van der Waals surface area contributed by atoms with E-state index < -0.39 is 0 Å². The van der Waals surface area contributed by atoms with Crippen molar-refractivity contribution < 1.29 is 4.42 Å². The Labute approximate surface area is 83.1 Å². The fourth-order valence-corrected chi connectivity index (χ4v) is 2.33. The van der Waals surface area contributed by atoms with Crippen LogP contribution in [0.5, 0.6) is 0 Å². The summed E-state index contributed by atoms with van der Waals surface area (Å²) in [4.78, 5) is 0. The van der Waals surface area contributed by atoms with Gasteiger partial charge in [-0.3, -0.25) is 0 Å². The summed E-state index contributed by atoms with van der Waals surface area (Å²) in [6, 6.07) is 1.95. The second kappa shape index (κ2) is 3.72. The number of rotatable bonds is 2. The van der Waals surface area contributed by atoms with Gasteiger partial charge in [0.2, 0.25) is 0 Å². The lowest BCUT2D eigenvalue weighted by molar-refractivity contribution is 0.442. The minimum Gasteiger partial charge on any atom is -0.449 e. The summed E-state index contributed by atoms with van der Waals surface area (Å²) in [5.74, 6) is 1.65. The quantitative estimate of drug-likeness (QED) is 0.796. The molecule has 0 bridgehead atoms. The van der Waals surface area contributed by atoms with Gasteiger partial charge in [0, 0.05) is 6.42 Å². The Balaban J connectivity index is 2.25. The highest BCUT2D eigenvalue weighted by molar-refractivity contribution is 6.28. The molecule has 72 valence electrons. The summed E-state index contributed by atoms with van der Waals surface area (Å²) in [5, 5.41) is 0.522. The van der Waals surface area contributed by atoms with E-state index in [4.69, 9.17) is 21.8 Å². The Morgan fingerprint density at radius 1 is 1.62 bits per heavy atom. The third kappa shape index (κ3) is 1.74. The van der Waals surface area contributed by atoms with Gasteiger partial charge in [0.1, 0.15) is 5.76 Å². The molecule has 0 radical (unpaired) electrons. The predicted molar refractivity (Wildman–Crippen MR) is 53.1 cm³/mol. The average Bonchev–Trinajstić information content (AvgIpc) is 2.47. The molecule has 1 atom stereocenters. The van der Waals surface area contributed by atoms with Crippen molar-refractivity contribution in [3.63, 3.8) is 0 Å². The molecule has 1 aromatic rings. The highest BCUT2D eigenvalue weighted by Crippen LogP contribution is 2.36. The molecule has 1 unspecified atom stereocenters. The van der Waals surface area contributed by atoms with Crippen LogP contribution in [-0.2, 0) is 6.42 Å². The molecular formula is C10H14ClNO. The zero-order valence-electron chi connectivity index (χ0n) is 7.55. The minimum absolute atomic E-state index is 0.522. The number of hydrogen-bond donors (Lipinski definition) is 1. The van der Waals surface area contributed by atoms with Crippen LogP contribution in [-0.4, -0.2) is 6.54 Å². The summed E-state index contributed by atoms with van der Waals surface area (Å²) in [6.45, 7) is 0.743. The Kier molecular flexibility index (Phi) is 2.61. The van der Waals surface area contributed by atoms with Crippen LogP contribution in [0.2, 0.25) is 5.22 Å². The Bertz CT molecular complexity index is 295. The van der Waals surface area contributed by atoms with E-state index in [1.807, 2.05) is 6.07 Å². The number of nitrogens with two attached hydrogens (primary N) is 1. The number of halogens is 1. The fourth-order valence-electron chi connectivity index (χ4n) is 2.12. The van der Waals surface area contributed by atoms with Gasteiger partial charge in [-0.25, -0.2) is 0 Å². The van der Waals surface area contributed by atoms with Crippen molar-refractivity contribution in [1.29, 1.82) is 0 Å². The lowest BCUT2D eigenvalue weighted by Gasteiger charge is -2.20. The molecule has 2 rings (SSSR count). The van der Waals surface area contributed by atoms with E-state index in [9.17, 15) is 0 Å². The molecule has 0 aliphatic heterocycles.